The highest BCUT2D eigenvalue weighted by Gasteiger charge is 2.27. The van der Waals surface area contributed by atoms with Gasteiger partial charge < -0.3 is 5.32 Å². The summed E-state index contributed by atoms with van der Waals surface area (Å²) in [6.07, 6.45) is 5.22. The van der Waals surface area contributed by atoms with Crippen molar-refractivity contribution in [3.63, 3.8) is 0 Å². The molecular formula is C14H17N5O2. The molecule has 2 aromatic heterocycles. The summed E-state index contributed by atoms with van der Waals surface area (Å²) in [6, 6.07) is 3.24. The van der Waals surface area contributed by atoms with Crippen molar-refractivity contribution in [3.05, 3.63) is 46.4 Å². The number of aromatic nitrogens is 4. The molecule has 0 aliphatic heterocycles. The van der Waals surface area contributed by atoms with Crippen LogP contribution in [0.3, 0.4) is 0 Å². The van der Waals surface area contributed by atoms with Crippen LogP contribution >= 0.6 is 0 Å². The number of rotatable bonds is 5. The van der Waals surface area contributed by atoms with E-state index in [0.29, 0.717) is 24.7 Å². The molecule has 1 N–H and O–H groups in total. The Balaban J connectivity index is 1.59. The summed E-state index contributed by atoms with van der Waals surface area (Å²) in [7, 11) is 1.77. The van der Waals surface area contributed by atoms with E-state index in [9.17, 15) is 9.59 Å². The molecule has 0 spiro atoms. The van der Waals surface area contributed by atoms with Gasteiger partial charge in [0, 0.05) is 38.3 Å². The van der Waals surface area contributed by atoms with Gasteiger partial charge in [0.15, 0.2) is 0 Å². The van der Waals surface area contributed by atoms with Crippen LogP contribution in [-0.4, -0.2) is 31.8 Å². The smallest absolute Gasteiger partial charge is 0.269 e. The predicted octanol–water partition coefficient (Wildman–Crippen LogP) is 0.284. The van der Waals surface area contributed by atoms with Crippen LogP contribution in [0, 0.1) is 0 Å². The standard InChI is InChI=1S/C14H17N5O2/c1-18-12(8-11(17-18)10-2-3-10)14(21)16-6-7-19-9-15-5-4-13(19)20/h4-5,8-10H,2-3,6-7H2,1H3,(H,16,21). The van der Waals surface area contributed by atoms with Gasteiger partial charge >= 0.3 is 0 Å². The van der Waals surface area contributed by atoms with Crippen LogP contribution in [-0.2, 0) is 13.6 Å². The van der Waals surface area contributed by atoms with Crippen LogP contribution in [0.4, 0.5) is 0 Å². The lowest BCUT2D eigenvalue weighted by atomic mass is 10.2. The minimum atomic E-state index is -0.172. The maximum Gasteiger partial charge on any atom is 0.269 e. The number of nitrogens with one attached hydrogen (secondary N) is 1. The second kappa shape index (κ2) is 5.51. The average Bonchev–Trinajstić information content (AvgIpc) is 3.24. The van der Waals surface area contributed by atoms with Gasteiger partial charge in [0.2, 0.25) is 0 Å². The molecule has 1 aliphatic rings. The monoisotopic (exact) mass is 287 g/mol. The van der Waals surface area contributed by atoms with E-state index in [4.69, 9.17) is 0 Å². The summed E-state index contributed by atoms with van der Waals surface area (Å²) in [5, 5.41) is 7.17. The number of hydrogen-bond acceptors (Lipinski definition) is 4. The molecule has 1 saturated carbocycles. The maximum atomic E-state index is 12.1. The molecule has 0 unspecified atom stereocenters. The van der Waals surface area contributed by atoms with Crippen molar-refractivity contribution in [1.29, 1.82) is 0 Å². The van der Waals surface area contributed by atoms with Gasteiger partial charge in [-0.3, -0.25) is 18.8 Å². The van der Waals surface area contributed by atoms with E-state index in [1.54, 1.807) is 11.7 Å². The predicted molar refractivity (Wildman–Crippen MR) is 76.0 cm³/mol. The molecule has 0 atom stereocenters. The maximum absolute atomic E-state index is 12.1. The molecule has 0 bridgehead atoms. The Bertz CT molecular complexity index is 714. The van der Waals surface area contributed by atoms with E-state index in [-0.39, 0.29) is 11.5 Å². The van der Waals surface area contributed by atoms with Crippen LogP contribution in [0.25, 0.3) is 0 Å². The molecule has 3 rings (SSSR count). The summed E-state index contributed by atoms with van der Waals surface area (Å²) in [6.45, 7) is 0.764. The minimum absolute atomic E-state index is 0.129. The fraction of sp³-hybridized carbons (Fsp3) is 0.429. The summed E-state index contributed by atoms with van der Waals surface area (Å²) in [5.41, 5.74) is 1.41. The van der Waals surface area contributed by atoms with Gasteiger partial charge in [-0.2, -0.15) is 5.10 Å². The third-order valence-corrected chi connectivity index (χ3v) is 3.56. The molecule has 1 fully saturated rings. The summed E-state index contributed by atoms with van der Waals surface area (Å²) >= 11 is 0. The zero-order chi connectivity index (χ0) is 14.8. The Kier molecular flexibility index (Phi) is 3.55. The Morgan fingerprint density at radius 2 is 2.29 bits per heavy atom. The first-order chi connectivity index (χ1) is 10.1. The molecule has 1 amide bonds. The van der Waals surface area contributed by atoms with Crippen LogP contribution in [0.5, 0.6) is 0 Å². The molecule has 0 radical (unpaired) electrons. The van der Waals surface area contributed by atoms with Crippen molar-refractivity contribution in [2.24, 2.45) is 7.05 Å². The van der Waals surface area contributed by atoms with Gasteiger partial charge in [0.05, 0.1) is 12.0 Å². The van der Waals surface area contributed by atoms with Crippen LogP contribution < -0.4 is 10.9 Å². The zero-order valence-corrected chi connectivity index (χ0v) is 11.8. The van der Waals surface area contributed by atoms with E-state index in [0.717, 1.165) is 18.5 Å². The van der Waals surface area contributed by atoms with Crippen molar-refractivity contribution in [2.75, 3.05) is 6.54 Å². The molecular weight excluding hydrogens is 270 g/mol. The first kappa shape index (κ1) is 13.5. The molecule has 2 heterocycles. The quantitative estimate of drug-likeness (QED) is 0.856. The highest BCUT2D eigenvalue weighted by molar-refractivity contribution is 5.92. The van der Waals surface area contributed by atoms with Gasteiger partial charge in [-0.05, 0) is 18.9 Å². The third kappa shape index (κ3) is 3.01. The van der Waals surface area contributed by atoms with Gasteiger partial charge in [-0.1, -0.05) is 0 Å². The number of hydrogen-bond donors (Lipinski definition) is 1. The number of carbonyl (C=O) groups excluding carboxylic acids is 1. The SMILES string of the molecule is Cn1nc(C2CC2)cc1C(=O)NCCn1cnccc1=O. The Morgan fingerprint density at radius 1 is 1.48 bits per heavy atom. The molecule has 0 aromatic carbocycles. The second-order valence-electron chi connectivity index (χ2n) is 5.22. The fourth-order valence-electron chi connectivity index (χ4n) is 2.21. The molecule has 1 aliphatic carbocycles. The van der Waals surface area contributed by atoms with Crippen LogP contribution in [0.2, 0.25) is 0 Å². The van der Waals surface area contributed by atoms with Gasteiger partial charge in [-0.25, -0.2) is 4.98 Å². The Labute approximate surface area is 121 Å². The Hall–Kier alpha value is -2.44. The highest BCUT2D eigenvalue weighted by atomic mass is 16.2. The zero-order valence-electron chi connectivity index (χ0n) is 11.8. The molecule has 7 heteroatoms. The lowest BCUT2D eigenvalue weighted by molar-refractivity contribution is 0.0942. The lowest BCUT2D eigenvalue weighted by Gasteiger charge is -2.06. The van der Waals surface area contributed by atoms with E-state index < -0.39 is 0 Å². The number of aryl methyl sites for hydroxylation is 1. The molecule has 7 nitrogen and oxygen atoms in total. The number of amides is 1. The van der Waals surface area contributed by atoms with E-state index in [1.807, 2.05) is 6.07 Å². The number of nitrogens with zero attached hydrogens (tertiary/aromatic N) is 4. The molecule has 2 aromatic rings. The second-order valence-corrected chi connectivity index (χ2v) is 5.22. The summed E-state index contributed by atoms with van der Waals surface area (Å²) in [5.74, 6) is 0.348. The van der Waals surface area contributed by atoms with Gasteiger partial charge in [-0.15, -0.1) is 0 Å². The lowest BCUT2D eigenvalue weighted by Crippen LogP contribution is -2.31. The molecule has 21 heavy (non-hydrogen) atoms. The molecule has 110 valence electrons. The van der Waals surface area contributed by atoms with Gasteiger partial charge in [0.1, 0.15) is 5.69 Å². The van der Waals surface area contributed by atoms with E-state index in [2.05, 4.69) is 15.4 Å². The van der Waals surface area contributed by atoms with Crippen molar-refractivity contribution in [1.82, 2.24) is 24.6 Å². The number of carbonyl (C=O) groups is 1. The summed E-state index contributed by atoms with van der Waals surface area (Å²) in [4.78, 5) is 27.5. The average molecular weight is 287 g/mol. The normalized spacial score (nSPS) is 14.1. The van der Waals surface area contributed by atoms with E-state index in [1.165, 1.54) is 23.2 Å². The highest BCUT2D eigenvalue weighted by Crippen LogP contribution is 2.39. The molecule has 0 saturated heterocycles. The largest absolute Gasteiger partial charge is 0.349 e. The van der Waals surface area contributed by atoms with Crippen molar-refractivity contribution < 1.29 is 4.79 Å². The van der Waals surface area contributed by atoms with Crippen LogP contribution in [0.15, 0.2) is 29.5 Å². The van der Waals surface area contributed by atoms with E-state index >= 15 is 0 Å². The topological polar surface area (TPSA) is 81.8 Å². The Morgan fingerprint density at radius 3 is 3.00 bits per heavy atom. The van der Waals surface area contributed by atoms with Crippen molar-refractivity contribution >= 4 is 5.91 Å². The van der Waals surface area contributed by atoms with Crippen molar-refractivity contribution in [2.45, 2.75) is 25.3 Å². The van der Waals surface area contributed by atoms with Crippen molar-refractivity contribution in [3.8, 4) is 0 Å². The first-order valence-electron chi connectivity index (χ1n) is 6.98. The third-order valence-electron chi connectivity index (χ3n) is 3.56. The minimum Gasteiger partial charge on any atom is -0.349 e. The first-order valence-corrected chi connectivity index (χ1v) is 6.98. The fourth-order valence-corrected chi connectivity index (χ4v) is 2.21. The van der Waals surface area contributed by atoms with Crippen LogP contribution in [0.1, 0.15) is 34.9 Å². The van der Waals surface area contributed by atoms with Gasteiger partial charge in [0.25, 0.3) is 11.5 Å². The summed E-state index contributed by atoms with van der Waals surface area (Å²) < 4.78 is 3.07.